The van der Waals surface area contributed by atoms with Crippen LogP contribution < -0.4 is 4.90 Å². The number of hydrogen-bond acceptors (Lipinski definition) is 5. The lowest BCUT2D eigenvalue weighted by Crippen LogP contribution is -2.20. The Morgan fingerprint density at radius 1 is 1.44 bits per heavy atom. The van der Waals surface area contributed by atoms with E-state index in [-0.39, 0.29) is 6.61 Å². The first-order valence-electron chi connectivity index (χ1n) is 4.97. The molecule has 2 rings (SSSR count). The van der Waals surface area contributed by atoms with Gasteiger partial charge in [0.15, 0.2) is 17.1 Å². The van der Waals surface area contributed by atoms with Gasteiger partial charge in [0.25, 0.3) is 0 Å². The average molecular weight is 239 g/mol. The normalized spacial score (nSPS) is 10.9. The molecule has 0 atom stereocenters. The van der Waals surface area contributed by atoms with E-state index in [1.54, 1.807) is 12.3 Å². The third kappa shape index (κ3) is 1.83. The largest absolute Gasteiger partial charge is 0.459 e. The van der Waals surface area contributed by atoms with Gasteiger partial charge >= 0.3 is 0 Å². The number of anilines is 1. The summed E-state index contributed by atoms with van der Waals surface area (Å²) in [5.41, 5.74) is 2.20. The summed E-state index contributed by atoms with van der Waals surface area (Å²) in [4.78, 5) is 1.81. The summed E-state index contributed by atoms with van der Waals surface area (Å²) >= 11 is 5.22. The summed E-state index contributed by atoms with van der Waals surface area (Å²) < 4.78 is 11.6. The molecule has 0 unspecified atom stereocenters. The fourth-order valence-corrected chi connectivity index (χ4v) is 1.73. The van der Waals surface area contributed by atoms with Gasteiger partial charge in [-0.1, -0.05) is 12.2 Å². The predicted octanol–water partition coefficient (Wildman–Crippen LogP) is 2.49. The second kappa shape index (κ2) is 4.27. The van der Waals surface area contributed by atoms with Gasteiger partial charge in [0.1, 0.15) is 0 Å². The third-order valence-electron chi connectivity index (χ3n) is 2.41. The molecule has 16 heavy (non-hydrogen) atoms. The molecule has 2 aromatic rings. The maximum absolute atomic E-state index is 8.87. The van der Waals surface area contributed by atoms with Crippen LogP contribution in [0.1, 0.15) is 5.56 Å². The van der Waals surface area contributed by atoms with Gasteiger partial charge in [0.2, 0.25) is 0 Å². The number of aliphatic hydroxyl groups excluding tert-OH is 1. The Hall–Kier alpha value is -1.33. The first-order valence-corrected chi connectivity index (χ1v) is 5.38. The van der Waals surface area contributed by atoms with Crippen molar-refractivity contribution >= 4 is 29.3 Å². The van der Waals surface area contributed by atoms with Gasteiger partial charge in [-0.15, -0.1) is 0 Å². The van der Waals surface area contributed by atoms with Crippen molar-refractivity contribution in [2.75, 3.05) is 25.1 Å². The van der Waals surface area contributed by atoms with Crippen molar-refractivity contribution in [3.8, 4) is 0 Å². The molecule has 0 saturated heterocycles. The maximum atomic E-state index is 8.87. The van der Waals surface area contributed by atoms with Gasteiger partial charge < -0.3 is 18.8 Å². The molecule has 0 aliphatic carbocycles. The first kappa shape index (κ1) is 11.2. The molecule has 0 aliphatic rings. The van der Waals surface area contributed by atoms with Crippen LogP contribution in [0.3, 0.4) is 0 Å². The van der Waals surface area contributed by atoms with E-state index in [2.05, 4.69) is 0 Å². The van der Waals surface area contributed by atoms with Gasteiger partial charge in [-0.2, -0.15) is 0 Å². The molecular formula is C11H13NO3S. The average Bonchev–Trinajstić information content (AvgIpc) is 2.61. The van der Waals surface area contributed by atoms with Crippen molar-refractivity contribution in [1.82, 2.24) is 0 Å². The van der Waals surface area contributed by atoms with E-state index in [1.807, 2.05) is 18.9 Å². The highest BCUT2D eigenvalue weighted by Gasteiger charge is 2.11. The lowest BCUT2D eigenvalue weighted by Gasteiger charge is -2.15. The van der Waals surface area contributed by atoms with E-state index in [0.717, 1.165) is 5.56 Å². The number of hydrogen-bond donors (Lipinski definition) is 1. The van der Waals surface area contributed by atoms with Crippen LogP contribution in [0.25, 0.3) is 11.2 Å². The topological polar surface area (TPSA) is 49.8 Å². The number of fused-ring (bicyclic) bond motifs is 1. The molecule has 2 heterocycles. The molecule has 0 bridgehead atoms. The Labute approximate surface area is 98.1 Å². The predicted molar refractivity (Wildman–Crippen MR) is 64.4 cm³/mol. The molecule has 0 aromatic carbocycles. The van der Waals surface area contributed by atoms with Crippen molar-refractivity contribution in [2.45, 2.75) is 6.92 Å². The van der Waals surface area contributed by atoms with Crippen LogP contribution in [0.2, 0.25) is 0 Å². The summed E-state index contributed by atoms with van der Waals surface area (Å²) in [5.74, 6) is 0.635. The van der Waals surface area contributed by atoms with Gasteiger partial charge in [0.05, 0.1) is 17.4 Å². The van der Waals surface area contributed by atoms with E-state index in [9.17, 15) is 0 Å². The number of rotatable bonds is 3. The molecule has 0 spiro atoms. The van der Waals surface area contributed by atoms with E-state index in [0.29, 0.717) is 28.1 Å². The Kier molecular flexibility index (Phi) is 2.98. The molecule has 4 nitrogen and oxygen atoms in total. The number of nitrogens with zero attached hydrogens (tertiary/aromatic N) is 1. The van der Waals surface area contributed by atoms with Crippen molar-refractivity contribution in [2.24, 2.45) is 0 Å². The number of aliphatic hydroxyl groups is 1. The molecule has 86 valence electrons. The third-order valence-corrected chi connectivity index (χ3v) is 2.72. The van der Waals surface area contributed by atoms with Crippen LogP contribution >= 0.6 is 12.2 Å². The maximum Gasteiger partial charge on any atom is 0.197 e. The smallest absolute Gasteiger partial charge is 0.197 e. The van der Waals surface area contributed by atoms with Gasteiger partial charge in [-0.05, 0) is 6.92 Å². The minimum atomic E-state index is 0.0706. The standard InChI is InChI=1S/C11H13NO3S/c1-7-6-14-11-8(16)5-9(15-10(7)11)12(2)3-4-13/h5-6,13H,3-4H2,1-2H3. The first-order chi connectivity index (χ1) is 7.63. The molecule has 0 amide bonds. The summed E-state index contributed by atoms with van der Waals surface area (Å²) in [5, 5.41) is 8.87. The highest BCUT2D eigenvalue weighted by molar-refractivity contribution is 7.71. The van der Waals surface area contributed by atoms with E-state index >= 15 is 0 Å². The highest BCUT2D eigenvalue weighted by atomic mass is 32.1. The number of aryl methyl sites for hydroxylation is 1. The van der Waals surface area contributed by atoms with Crippen LogP contribution in [0.4, 0.5) is 5.88 Å². The second-order valence-electron chi connectivity index (χ2n) is 3.67. The molecule has 0 fully saturated rings. The SMILES string of the molecule is Cc1coc2c(=S)cc(N(C)CCO)oc12. The van der Waals surface area contributed by atoms with Gasteiger partial charge in [0, 0.05) is 25.2 Å². The summed E-state index contributed by atoms with van der Waals surface area (Å²) in [6.45, 7) is 2.47. The fraction of sp³-hybridized carbons (Fsp3) is 0.364. The monoisotopic (exact) mass is 239 g/mol. The van der Waals surface area contributed by atoms with Crippen LogP contribution in [0.15, 0.2) is 21.2 Å². The summed E-state index contributed by atoms with van der Waals surface area (Å²) in [6.07, 6.45) is 1.62. The minimum Gasteiger partial charge on any atom is -0.459 e. The Bertz CT molecular complexity index is 558. The molecular weight excluding hydrogens is 226 g/mol. The van der Waals surface area contributed by atoms with E-state index in [1.165, 1.54) is 0 Å². The zero-order valence-corrected chi connectivity index (χ0v) is 10.0. The summed E-state index contributed by atoms with van der Waals surface area (Å²) in [7, 11) is 1.84. The lowest BCUT2D eigenvalue weighted by atomic mass is 10.3. The van der Waals surface area contributed by atoms with E-state index < -0.39 is 0 Å². The molecule has 5 heteroatoms. The van der Waals surface area contributed by atoms with Crippen LogP contribution in [-0.4, -0.2) is 25.3 Å². The summed E-state index contributed by atoms with van der Waals surface area (Å²) in [6, 6.07) is 1.73. The van der Waals surface area contributed by atoms with Gasteiger partial charge in [-0.3, -0.25) is 0 Å². The molecule has 1 N–H and O–H groups in total. The van der Waals surface area contributed by atoms with Crippen molar-refractivity contribution in [3.05, 3.63) is 22.4 Å². The zero-order valence-electron chi connectivity index (χ0n) is 9.19. The molecule has 2 aromatic heterocycles. The number of furan rings is 1. The Balaban J connectivity index is 2.56. The molecule has 0 saturated carbocycles. The second-order valence-corrected chi connectivity index (χ2v) is 4.11. The zero-order chi connectivity index (χ0) is 11.7. The van der Waals surface area contributed by atoms with Crippen LogP contribution in [0.5, 0.6) is 0 Å². The Morgan fingerprint density at radius 3 is 2.88 bits per heavy atom. The van der Waals surface area contributed by atoms with Crippen LogP contribution in [0, 0.1) is 11.4 Å². The highest BCUT2D eigenvalue weighted by Crippen LogP contribution is 2.27. The molecule has 0 aliphatic heterocycles. The van der Waals surface area contributed by atoms with Gasteiger partial charge in [-0.25, -0.2) is 0 Å². The van der Waals surface area contributed by atoms with Crippen molar-refractivity contribution < 1.29 is 13.9 Å². The lowest BCUT2D eigenvalue weighted by molar-refractivity contribution is 0.302. The van der Waals surface area contributed by atoms with Crippen molar-refractivity contribution in [3.63, 3.8) is 0 Å². The number of likely N-dealkylation sites (N-methyl/N-ethyl adjacent to an activating group) is 1. The molecule has 0 radical (unpaired) electrons. The minimum absolute atomic E-state index is 0.0706. The Morgan fingerprint density at radius 2 is 2.19 bits per heavy atom. The quantitative estimate of drug-likeness (QED) is 0.834. The van der Waals surface area contributed by atoms with Crippen LogP contribution in [-0.2, 0) is 0 Å². The van der Waals surface area contributed by atoms with Crippen molar-refractivity contribution in [1.29, 1.82) is 0 Å². The fourth-order valence-electron chi connectivity index (χ4n) is 1.49. The van der Waals surface area contributed by atoms with E-state index in [4.69, 9.17) is 26.2 Å².